The van der Waals surface area contributed by atoms with Crippen LogP contribution in [0.4, 0.5) is 0 Å². The molecule has 1 saturated heterocycles. The van der Waals surface area contributed by atoms with Gasteiger partial charge in [-0.05, 0) is 48.7 Å². The van der Waals surface area contributed by atoms with Gasteiger partial charge in [0.25, 0.3) is 0 Å². The van der Waals surface area contributed by atoms with Gasteiger partial charge in [-0.25, -0.2) is 10.0 Å². The summed E-state index contributed by atoms with van der Waals surface area (Å²) >= 11 is 0. The molecule has 0 nitrogen and oxygen atoms in total. The molecule has 0 aromatic rings. The average Bonchev–Trinajstić information content (AvgIpc) is 2.30. The lowest BCUT2D eigenvalue weighted by Gasteiger charge is -2.45. The number of hydrogen-bond donors (Lipinski definition) is 0. The second-order valence-electron chi connectivity index (χ2n) is 5.00. The van der Waals surface area contributed by atoms with Crippen molar-refractivity contribution in [1.29, 1.82) is 0 Å². The molecule has 2 heteroatoms. The van der Waals surface area contributed by atoms with Crippen LogP contribution in [0.15, 0.2) is 0 Å². The summed E-state index contributed by atoms with van der Waals surface area (Å²) in [6.07, 6.45) is 10.6. The first-order valence-electron chi connectivity index (χ1n) is 5.05. The maximum atomic E-state index is 6.03. The fourth-order valence-electron chi connectivity index (χ4n) is 3.08. The van der Waals surface area contributed by atoms with E-state index in [0.29, 0.717) is 5.82 Å². The zero-order valence-corrected chi connectivity index (χ0v) is 9.07. The molecular weight excluding hydrogens is 163 g/mol. The van der Waals surface area contributed by atoms with Gasteiger partial charge in [0.1, 0.15) is 0 Å². The van der Waals surface area contributed by atoms with Crippen LogP contribution in [0.25, 0.3) is 0 Å². The topological polar surface area (TPSA) is 0 Å². The molecule has 0 N–H and O–H groups in total. The Kier molecular flexibility index (Phi) is 2.23. The SMILES string of the molecule is [B]C1CC2CCCS(C)(C)C2C1. The van der Waals surface area contributed by atoms with Crippen molar-refractivity contribution in [3.05, 3.63) is 0 Å². The van der Waals surface area contributed by atoms with Crippen molar-refractivity contribution >= 4 is 17.9 Å². The first-order chi connectivity index (χ1) is 5.59. The first kappa shape index (κ1) is 8.99. The van der Waals surface area contributed by atoms with Crippen molar-refractivity contribution in [3.63, 3.8) is 0 Å². The zero-order valence-electron chi connectivity index (χ0n) is 8.25. The van der Waals surface area contributed by atoms with Gasteiger partial charge in [0.2, 0.25) is 0 Å². The van der Waals surface area contributed by atoms with Crippen LogP contribution in [0.5, 0.6) is 0 Å². The molecule has 0 aromatic carbocycles. The van der Waals surface area contributed by atoms with Gasteiger partial charge in [-0.3, -0.25) is 0 Å². The lowest BCUT2D eigenvalue weighted by molar-refractivity contribution is 0.489. The summed E-state index contributed by atoms with van der Waals surface area (Å²) in [7, 11) is 5.76. The Morgan fingerprint density at radius 1 is 1.25 bits per heavy atom. The monoisotopic (exact) mass is 182 g/mol. The van der Waals surface area contributed by atoms with Gasteiger partial charge in [0, 0.05) is 0 Å². The molecule has 3 atom stereocenters. The maximum absolute atomic E-state index is 6.03. The fraction of sp³-hybridized carbons (Fsp3) is 1.00. The molecule has 0 bridgehead atoms. The molecule has 0 aromatic heterocycles. The summed E-state index contributed by atoms with van der Waals surface area (Å²) in [6.45, 7) is 0. The molecule has 2 aliphatic rings. The standard InChI is InChI=1S/C10H19BS/c1-12(2)5-3-4-8-6-9(11)7-10(8)12/h8-10H,3-7H2,1-2H3. The zero-order chi connectivity index (χ0) is 8.77. The molecule has 2 rings (SSSR count). The van der Waals surface area contributed by atoms with E-state index in [4.69, 9.17) is 7.85 Å². The van der Waals surface area contributed by atoms with E-state index >= 15 is 0 Å². The van der Waals surface area contributed by atoms with Crippen molar-refractivity contribution in [2.45, 2.75) is 36.8 Å². The van der Waals surface area contributed by atoms with E-state index < -0.39 is 0 Å². The fourth-order valence-corrected chi connectivity index (χ4v) is 6.35. The summed E-state index contributed by atoms with van der Waals surface area (Å²) in [5.74, 6) is 3.03. The Hall–Kier alpha value is 0.415. The quantitative estimate of drug-likeness (QED) is 0.505. The van der Waals surface area contributed by atoms with Gasteiger partial charge in [-0.1, -0.05) is 12.2 Å². The third-order valence-electron chi connectivity index (χ3n) is 3.73. The van der Waals surface area contributed by atoms with E-state index in [1.165, 1.54) is 31.4 Å². The molecule has 1 aliphatic carbocycles. The average molecular weight is 182 g/mol. The third-order valence-corrected chi connectivity index (χ3v) is 7.29. The lowest BCUT2D eigenvalue weighted by atomic mass is 9.85. The first-order valence-corrected chi connectivity index (χ1v) is 7.73. The smallest absolute Gasteiger partial charge is 0.0700 e. The molecular formula is C10H19BS. The van der Waals surface area contributed by atoms with Crippen LogP contribution in [-0.4, -0.2) is 31.4 Å². The van der Waals surface area contributed by atoms with E-state index in [9.17, 15) is 0 Å². The molecule has 2 fully saturated rings. The van der Waals surface area contributed by atoms with Gasteiger partial charge >= 0.3 is 0 Å². The van der Waals surface area contributed by atoms with Gasteiger partial charge < -0.3 is 0 Å². The van der Waals surface area contributed by atoms with Crippen LogP contribution in [-0.2, 0) is 0 Å². The normalized spacial score (nSPS) is 48.3. The van der Waals surface area contributed by atoms with Crippen LogP contribution >= 0.6 is 10.0 Å². The Labute approximate surface area is 79.2 Å². The maximum Gasteiger partial charge on any atom is 0.0700 e. The highest BCUT2D eigenvalue weighted by atomic mass is 32.3. The second kappa shape index (κ2) is 2.97. The van der Waals surface area contributed by atoms with Crippen LogP contribution in [0.2, 0.25) is 5.82 Å². The highest BCUT2D eigenvalue weighted by Gasteiger charge is 2.40. The molecule has 68 valence electrons. The van der Waals surface area contributed by atoms with Crippen molar-refractivity contribution in [2.24, 2.45) is 5.92 Å². The Bertz CT molecular complexity index is 179. The second-order valence-corrected chi connectivity index (χ2v) is 9.26. The summed E-state index contributed by atoms with van der Waals surface area (Å²) in [4.78, 5) is 0. The Morgan fingerprint density at radius 3 is 2.67 bits per heavy atom. The van der Waals surface area contributed by atoms with Crippen molar-refractivity contribution in [2.75, 3.05) is 18.3 Å². The highest BCUT2D eigenvalue weighted by Crippen LogP contribution is 2.60. The van der Waals surface area contributed by atoms with E-state index in [0.717, 1.165) is 11.2 Å². The Morgan fingerprint density at radius 2 is 2.00 bits per heavy atom. The van der Waals surface area contributed by atoms with Gasteiger partial charge in [0.05, 0.1) is 7.85 Å². The summed E-state index contributed by atoms with van der Waals surface area (Å²) < 4.78 is 0. The largest absolute Gasteiger partial charge is 0.244 e. The number of rotatable bonds is 0. The lowest BCUT2D eigenvalue weighted by Crippen LogP contribution is -2.28. The van der Waals surface area contributed by atoms with E-state index in [1.54, 1.807) is 0 Å². The number of fused-ring (bicyclic) bond motifs is 1. The van der Waals surface area contributed by atoms with Crippen LogP contribution < -0.4 is 0 Å². The molecule has 3 unspecified atom stereocenters. The van der Waals surface area contributed by atoms with E-state index in [-0.39, 0.29) is 10.0 Å². The predicted octanol–water partition coefficient (Wildman–Crippen LogP) is 2.58. The minimum Gasteiger partial charge on any atom is -0.244 e. The van der Waals surface area contributed by atoms with Crippen molar-refractivity contribution in [3.8, 4) is 0 Å². The van der Waals surface area contributed by atoms with Gasteiger partial charge in [-0.15, -0.1) is 0 Å². The van der Waals surface area contributed by atoms with Crippen LogP contribution in [0.1, 0.15) is 25.7 Å². The predicted molar refractivity (Wildman–Crippen MR) is 59.6 cm³/mol. The van der Waals surface area contributed by atoms with Crippen LogP contribution in [0.3, 0.4) is 0 Å². The molecule has 1 saturated carbocycles. The van der Waals surface area contributed by atoms with E-state index in [1.807, 2.05) is 0 Å². The molecule has 0 amide bonds. The minimum atomic E-state index is -0.273. The molecule has 12 heavy (non-hydrogen) atoms. The molecule has 2 radical (unpaired) electrons. The molecule has 1 aliphatic heterocycles. The summed E-state index contributed by atoms with van der Waals surface area (Å²) in [6, 6.07) is 0. The van der Waals surface area contributed by atoms with Crippen molar-refractivity contribution in [1.82, 2.24) is 0 Å². The third kappa shape index (κ3) is 1.43. The minimum absolute atomic E-state index is 0.273. The molecule has 0 spiro atoms. The van der Waals surface area contributed by atoms with Crippen LogP contribution in [0, 0.1) is 5.92 Å². The summed E-state index contributed by atoms with van der Waals surface area (Å²) in [5.41, 5.74) is 0. The highest BCUT2D eigenvalue weighted by molar-refractivity contribution is 8.33. The summed E-state index contributed by atoms with van der Waals surface area (Å²) in [5, 5.41) is 1.02. The van der Waals surface area contributed by atoms with E-state index in [2.05, 4.69) is 12.5 Å². The molecule has 1 heterocycles. The number of hydrogen-bond acceptors (Lipinski definition) is 0. The van der Waals surface area contributed by atoms with Gasteiger partial charge in [-0.2, -0.15) is 0 Å². The van der Waals surface area contributed by atoms with Gasteiger partial charge in [0.15, 0.2) is 0 Å². The Balaban J connectivity index is 2.13. The van der Waals surface area contributed by atoms with Crippen molar-refractivity contribution < 1.29 is 0 Å².